The second kappa shape index (κ2) is 8.43. The van der Waals surface area contributed by atoms with Crippen molar-refractivity contribution in [2.45, 2.75) is 64.4 Å². The molecule has 1 saturated carbocycles. The lowest BCUT2D eigenvalue weighted by Gasteiger charge is -2.20. The van der Waals surface area contributed by atoms with Gasteiger partial charge in [-0.05, 0) is 83.5 Å². The van der Waals surface area contributed by atoms with E-state index in [0.29, 0.717) is 24.0 Å². The number of pyridine rings is 1. The second-order valence-electron chi connectivity index (χ2n) is 11.2. The first-order valence-electron chi connectivity index (χ1n) is 12.9. The summed E-state index contributed by atoms with van der Waals surface area (Å²) in [6.45, 7) is 8.92. The number of carbonyl (C=O) groups excluding carboxylic acids is 1. The van der Waals surface area contributed by atoms with Gasteiger partial charge in [-0.2, -0.15) is 0 Å². The van der Waals surface area contributed by atoms with Gasteiger partial charge in [0.05, 0.1) is 12.5 Å². The van der Waals surface area contributed by atoms with Gasteiger partial charge in [0.2, 0.25) is 5.88 Å². The van der Waals surface area contributed by atoms with E-state index in [9.17, 15) is 4.79 Å². The van der Waals surface area contributed by atoms with Crippen molar-refractivity contribution in [2.75, 3.05) is 6.61 Å². The van der Waals surface area contributed by atoms with Crippen LogP contribution in [0.1, 0.15) is 78.0 Å². The molecule has 3 aliphatic rings. The molecule has 5 heteroatoms. The Morgan fingerprint density at radius 3 is 2.72 bits per heavy atom. The topological polar surface area (TPSA) is 48.4 Å². The van der Waals surface area contributed by atoms with E-state index in [2.05, 4.69) is 50.0 Å². The van der Waals surface area contributed by atoms with Crippen LogP contribution >= 0.6 is 0 Å². The zero-order valence-electron chi connectivity index (χ0n) is 21.3. The molecule has 1 fully saturated rings. The first kappa shape index (κ1) is 23.2. The van der Waals surface area contributed by atoms with Gasteiger partial charge < -0.3 is 9.47 Å². The summed E-state index contributed by atoms with van der Waals surface area (Å²) in [5, 5.41) is 0. The van der Waals surface area contributed by atoms with Gasteiger partial charge in [-0.25, -0.2) is 9.37 Å². The van der Waals surface area contributed by atoms with Crippen LogP contribution in [0.15, 0.2) is 48.7 Å². The molecule has 0 amide bonds. The minimum absolute atomic E-state index is 0.0306. The van der Waals surface area contributed by atoms with Crippen molar-refractivity contribution in [1.82, 2.24) is 4.98 Å². The van der Waals surface area contributed by atoms with Crippen LogP contribution in [0.25, 0.3) is 0 Å². The van der Waals surface area contributed by atoms with E-state index in [1.807, 2.05) is 25.3 Å². The number of benzene rings is 2. The molecule has 0 radical (unpaired) electrons. The normalized spacial score (nSPS) is 24.6. The number of nitrogens with zero attached hydrogens (tertiary/aromatic N) is 1. The monoisotopic (exact) mass is 485 g/mol. The molecule has 3 aliphatic carbocycles. The van der Waals surface area contributed by atoms with E-state index in [1.54, 1.807) is 6.07 Å². The van der Waals surface area contributed by atoms with Crippen molar-refractivity contribution in [1.29, 1.82) is 0 Å². The molecule has 4 nitrogen and oxygen atoms in total. The molecule has 186 valence electrons. The fourth-order valence-corrected chi connectivity index (χ4v) is 6.67. The minimum Gasteiger partial charge on any atom is -0.473 e. The van der Waals surface area contributed by atoms with E-state index >= 15 is 4.39 Å². The molecular weight excluding hydrogens is 453 g/mol. The Bertz CT molecular complexity index is 1360. The number of fused-ring (bicyclic) bond motifs is 4. The van der Waals surface area contributed by atoms with Crippen molar-refractivity contribution < 1.29 is 18.7 Å². The number of hydrogen-bond acceptors (Lipinski definition) is 4. The fraction of sp³-hybridized carbons (Fsp3) is 0.419. The average Bonchev–Trinajstić information content (AvgIpc) is 3.34. The predicted molar refractivity (Wildman–Crippen MR) is 136 cm³/mol. The van der Waals surface area contributed by atoms with Gasteiger partial charge >= 0.3 is 5.97 Å². The Balaban J connectivity index is 1.22. The van der Waals surface area contributed by atoms with Gasteiger partial charge in [0.25, 0.3) is 0 Å². The van der Waals surface area contributed by atoms with Crippen molar-refractivity contribution >= 4 is 5.97 Å². The molecule has 0 saturated heterocycles. The highest BCUT2D eigenvalue weighted by molar-refractivity contribution is 5.79. The van der Waals surface area contributed by atoms with Gasteiger partial charge in [0.15, 0.2) is 0 Å². The summed E-state index contributed by atoms with van der Waals surface area (Å²) >= 11 is 0. The van der Waals surface area contributed by atoms with Crippen molar-refractivity contribution in [3.63, 3.8) is 0 Å². The molecule has 0 N–H and O–H groups in total. The van der Waals surface area contributed by atoms with Crippen LogP contribution in [0.2, 0.25) is 0 Å². The average molecular weight is 486 g/mol. The molecule has 1 aromatic heterocycles. The SMILES string of the molecule is CCOC(=O)[C@H]1[C@@H]2Cc3cc(OCc4cc5c(cc4F)C(C)(C)CC5c4ccccc4C)ncc3[C@@H]21. The first-order valence-corrected chi connectivity index (χ1v) is 12.9. The molecule has 6 rings (SSSR count). The molecule has 36 heavy (non-hydrogen) atoms. The number of carbonyl (C=O) groups is 1. The van der Waals surface area contributed by atoms with Crippen LogP contribution in [0.3, 0.4) is 0 Å². The second-order valence-corrected chi connectivity index (χ2v) is 11.2. The van der Waals surface area contributed by atoms with Gasteiger partial charge in [-0.3, -0.25) is 4.79 Å². The molecule has 2 aromatic carbocycles. The highest BCUT2D eigenvalue weighted by atomic mass is 19.1. The summed E-state index contributed by atoms with van der Waals surface area (Å²) in [7, 11) is 0. The maximum atomic E-state index is 15.2. The van der Waals surface area contributed by atoms with Gasteiger partial charge in [0.1, 0.15) is 12.4 Å². The number of hydrogen-bond donors (Lipinski definition) is 0. The lowest BCUT2D eigenvalue weighted by Crippen LogP contribution is -2.13. The lowest BCUT2D eigenvalue weighted by molar-refractivity contribution is -0.145. The Morgan fingerprint density at radius 1 is 1.14 bits per heavy atom. The number of aromatic nitrogens is 1. The summed E-state index contributed by atoms with van der Waals surface area (Å²) in [5.41, 5.74) is 7.61. The molecule has 0 aliphatic heterocycles. The zero-order valence-corrected chi connectivity index (χ0v) is 21.3. The van der Waals surface area contributed by atoms with Crippen molar-refractivity contribution in [3.05, 3.63) is 93.4 Å². The number of esters is 1. The molecular formula is C31H32FNO3. The van der Waals surface area contributed by atoms with Crippen molar-refractivity contribution in [3.8, 4) is 5.88 Å². The smallest absolute Gasteiger partial charge is 0.309 e. The van der Waals surface area contributed by atoms with E-state index < -0.39 is 0 Å². The first-order chi connectivity index (χ1) is 17.3. The maximum Gasteiger partial charge on any atom is 0.309 e. The van der Waals surface area contributed by atoms with Crippen LogP contribution in [-0.2, 0) is 28.0 Å². The van der Waals surface area contributed by atoms with Gasteiger partial charge in [-0.1, -0.05) is 38.1 Å². The summed E-state index contributed by atoms with van der Waals surface area (Å²) in [5.74, 6) is 0.913. The highest BCUT2D eigenvalue weighted by Crippen LogP contribution is 2.62. The van der Waals surface area contributed by atoms with Crippen LogP contribution in [0, 0.1) is 24.6 Å². The van der Waals surface area contributed by atoms with E-state index in [-0.39, 0.29) is 41.6 Å². The van der Waals surface area contributed by atoms with Crippen LogP contribution in [0.5, 0.6) is 5.88 Å². The third-order valence-corrected chi connectivity index (χ3v) is 8.52. The zero-order chi connectivity index (χ0) is 25.2. The van der Waals surface area contributed by atoms with Gasteiger partial charge in [-0.15, -0.1) is 0 Å². The third kappa shape index (κ3) is 3.71. The Morgan fingerprint density at radius 2 is 1.94 bits per heavy atom. The predicted octanol–water partition coefficient (Wildman–Crippen LogP) is 6.37. The number of halogens is 1. The summed E-state index contributed by atoms with van der Waals surface area (Å²) < 4.78 is 26.4. The fourth-order valence-electron chi connectivity index (χ4n) is 6.67. The molecule has 3 aromatic rings. The molecule has 1 heterocycles. The largest absolute Gasteiger partial charge is 0.473 e. The molecule has 0 bridgehead atoms. The molecule has 4 atom stereocenters. The summed E-state index contributed by atoms with van der Waals surface area (Å²) in [4.78, 5) is 16.6. The van der Waals surface area contributed by atoms with Crippen LogP contribution in [0.4, 0.5) is 4.39 Å². The minimum atomic E-state index is -0.230. The Hall–Kier alpha value is -3.21. The lowest BCUT2D eigenvalue weighted by atomic mass is 9.84. The summed E-state index contributed by atoms with van der Waals surface area (Å²) in [6.07, 6.45) is 3.62. The van der Waals surface area contributed by atoms with Crippen molar-refractivity contribution in [2.24, 2.45) is 11.8 Å². The third-order valence-electron chi connectivity index (χ3n) is 8.52. The Labute approximate surface area is 211 Å². The maximum absolute atomic E-state index is 15.2. The quantitative estimate of drug-likeness (QED) is 0.381. The van der Waals surface area contributed by atoms with E-state index in [4.69, 9.17) is 9.47 Å². The number of aryl methyl sites for hydroxylation is 1. The highest BCUT2D eigenvalue weighted by Gasteiger charge is 2.60. The standard InChI is InChI=1S/C31H32FNO3/c1-5-35-30(34)29-22-10-18-12-27(33-15-24(18)28(22)29)36-16-19-11-21-23(20-9-7-6-8-17(20)2)14-31(3,4)25(21)13-26(19)32/h6-9,11-13,15,22-23,28-29H,5,10,14,16H2,1-4H3/t22-,23?,28-,29+/m1/s1. The summed E-state index contributed by atoms with van der Waals surface area (Å²) in [6, 6.07) is 14.2. The number of rotatable bonds is 6. The number of ether oxygens (including phenoxy) is 2. The Kier molecular flexibility index (Phi) is 5.43. The van der Waals surface area contributed by atoms with E-state index in [0.717, 1.165) is 24.0 Å². The van der Waals surface area contributed by atoms with Crippen LogP contribution < -0.4 is 4.74 Å². The molecule has 1 unspecified atom stereocenters. The van der Waals surface area contributed by atoms with Crippen LogP contribution in [-0.4, -0.2) is 17.6 Å². The van der Waals surface area contributed by atoms with Gasteiger partial charge in [0, 0.05) is 29.7 Å². The molecule has 0 spiro atoms. The van der Waals surface area contributed by atoms with E-state index in [1.165, 1.54) is 22.3 Å².